The summed E-state index contributed by atoms with van der Waals surface area (Å²) in [5.74, 6) is 1.32. The molecule has 0 bridgehead atoms. The van der Waals surface area contributed by atoms with Crippen molar-refractivity contribution in [2.75, 3.05) is 20.2 Å². The Bertz CT molecular complexity index is 1020. The highest BCUT2D eigenvalue weighted by Gasteiger charge is 2.26. The van der Waals surface area contributed by atoms with Crippen molar-refractivity contribution in [3.63, 3.8) is 0 Å². The Labute approximate surface area is 158 Å². The van der Waals surface area contributed by atoms with Crippen molar-refractivity contribution < 1.29 is 4.74 Å². The third-order valence-electron chi connectivity index (χ3n) is 5.59. The van der Waals surface area contributed by atoms with Gasteiger partial charge in [-0.1, -0.05) is 25.1 Å². The summed E-state index contributed by atoms with van der Waals surface area (Å²) in [6.45, 7) is 6.77. The maximum Gasteiger partial charge on any atom is 0.276 e. The third-order valence-corrected chi connectivity index (χ3v) is 5.59. The maximum atomic E-state index is 12.7. The predicted molar refractivity (Wildman–Crippen MR) is 106 cm³/mol. The quantitative estimate of drug-likeness (QED) is 0.754. The molecule has 1 atom stereocenters. The Morgan fingerprint density at radius 2 is 2.15 bits per heavy atom. The van der Waals surface area contributed by atoms with Gasteiger partial charge in [0.25, 0.3) is 5.56 Å². The van der Waals surface area contributed by atoms with Crippen LogP contribution in [0.2, 0.25) is 0 Å². The van der Waals surface area contributed by atoms with Crippen LogP contribution in [0.25, 0.3) is 5.65 Å². The molecule has 1 saturated heterocycles. The smallest absolute Gasteiger partial charge is 0.276 e. The van der Waals surface area contributed by atoms with Gasteiger partial charge in [0.2, 0.25) is 0 Å². The number of hydrogen-bond donors (Lipinski definition) is 1. The fourth-order valence-corrected chi connectivity index (χ4v) is 4.11. The lowest BCUT2D eigenvalue weighted by Crippen LogP contribution is -2.22. The number of fused-ring (bicyclic) bond motifs is 1. The van der Waals surface area contributed by atoms with Crippen LogP contribution in [-0.4, -0.2) is 39.7 Å². The summed E-state index contributed by atoms with van der Waals surface area (Å²) in [5.41, 5.74) is 4.65. The summed E-state index contributed by atoms with van der Waals surface area (Å²) in [7, 11) is 1.72. The van der Waals surface area contributed by atoms with Gasteiger partial charge in [-0.3, -0.25) is 14.8 Å². The summed E-state index contributed by atoms with van der Waals surface area (Å²) in [6.07, 6.45) is 1.77. The average Bonchev–Trinajstić information content (AvgIpc) is 3.29. The number of nitrogens with one attached hydrogen (secondary N) is 1. The molecule has 3 aromatic rings. The number of aromatic amines is 1. The second-order valence-corrected chi connectivity index (χ2v) is 7.27. The van der Waals surface area contributed by atoms with E-state index in [1.54, 1.807) is 11.6 Å². The van der Waals surface area contributed by atoms with Gasteiger partial charge in [0.1, 0.15) is 5.75 Å². The zero-order valence-corrected chi connectivity index (χ0v) is 16.2. The molecule has 0 saturated carbocycles. The van der Waals surface area contributed by atoms with Crippen LogP contribution in [0, 0.1) is 6.92 Å². The van der Waals surface area contributed by atoms with Gasteiger partial charge < -0.3 is 4.74 Å². The molecule has 0 unspecified atom stereocenters. The predicted octanol–water partition coefficient (Wildman–Crippen LogP) is 2.89. The number of para-hydroxylation sites is 1. The SMILES string of the molecule is CCc1c(C)nc2cc([C@@H]3CCN(Cc4ccccc4OC)C3)[nH]n2c1=O. The lowest BCUT2D eigenvalue weighted by molar-refractivity contribution is 0.316. The van der Waals surface area contributed by atoms with Crippen LogP contribution in [0.15, 0.2) is 35.1 Å². The second kappa shape index (κ2) is 7.19. The minimum Gasteiger partial charge on any atom is -0.496 e. The number of ether oxygens (including phenoxy) is 1. The molecule has 1 aliphatic rings. The zero-order valence-electron chi connectivity index (χ0n) is 16.2. The maximum absolute atomic E-state index is 12.7. The zero-order chi connectivity index (χ0) is 19.0. The van der Waals surface area contributed by atoms with Crippen molar-refractivity contribution in [3.8, 4) is 5.75 Å². The van der Waals surface area contributed by atoms with E-state index in [1.165, 1.54) is 5.56 Å². The topological polar surface area (TPSA) is 62.6 Å². The van der Waals surface area contributed by atoms with Crippen molar-refractivity contribution in [1.82, 2.24) is 19.5 Å². The van der Waals surface area contributed by atoms with Crippen LogP contribution >= 0.6 is 0 Å². The van der Waals surface area contributed by atoms with Crippen LogP contribution in [0.4, 0.5) is 0 Å². The normalized spacial score (nSPS) is 17.7. The van der Waals surface area contributed by atoms with E-state index in [4.69, 9.17) is 4.74 Å². The Balaban J connectivity index is 1.55. The van der Waals surface area contributed by atoms with Crippen LogP contribution in [0.1, 0.15) is 41.8 Å². The molecule has 2 aromatic heterocycles. The van der Waals surface area contributed by atoms with Gasteiger partial charge in [-0.15, -0.1) is 0 Å². The Morgan fingerprint density at radius 3 is 2.93 bits per heavy atom. The van der Waals surface area contributed by atoms with E-state index in [-0.39, 0.29) is 5.56 Å². The van der Waals surface area contributed by atoms with Gasteiger partial charge >= 0.3 is 0 Å². The molecule has 27 heavy (non-hydrogen) atoms. The number of aryl methyl sites for hydroxylation is 1. The Morgan fingerprint density at radius 1 is 1.33 bits per heavy atom. The molecule has 0 spiro atoms. The largest absolute Gasteiger partial charge is 0.496 e. The first-order chi connectivity index (χ1) is 13.1. The number of methoxy groups -OCH3 is 1. The molecular formula is C21H26N4O2. The van der Waals surface area contributed by atoms with Gasteiger partial charge in [-0.2, -0.15) is 0 Å². The first-order valence-corrected chi connectivity index (χ1v) is 9.56. The fourth-order valence-electron chi connectivity index (χ4n) is 4.11. The van der Waals surface area contributed by atoms with Crippen molar-refractivity contribution in [3.05, 3.63) is 63.2 Å². The molecule has 4 rings (SSSR count). The van der Waals surface area contributed by atoms with E-state index in [2.05, 4.69) is 27.1 Å². The molecule has 1 aromatic carbocycles. The minimum absolute atomic E-state index is 0.0233. The molecule has 142 valence electrons. The molecule has 6 heteroatoms. The van der Waals surface area contributed by atoms with Crippen molar-refractivity contribution >= 4 is 5.65 Å². The van der Waals surface area contributed by atoms with Crippen molar-refractivity contribution in [1.29, 1.82) is 0 Å². The van der Waals surface area contributed by atoms with Gasteiger partial charge in [0.05, 0.1) is 7.11 Å². The highest BCUT2D eigenvalue weighted by Crippen LogP contribution is 2.29. The highest BCUT2D eigenvalue weighted by atomic mass is 16.5. The lowest BCUT2D eigenvalue weighted by Gasteiger charge is -2.17. The standard InChI is InChI=1S/C21H26N4O2/c1-4-17-14(2)22-20-11-18(23-25(20)21(17)26)15-9-10-24(12-15)13-16-7-5-6-8-19(16)27-3/h5-8,11,15,23H,4,9-10,12-13H2,1-3H3/t15-/m1/s1. The monoisotopic (exact) mass is 366 g/mol. The van der Waals surface area contributed by atoms with Gasteiger partial charge in [-0.05, 0) is 32.4 Å². The van der Waals surface area contributed by atoms with E-state index >= 15 is 0 Å². The number of hydrogen-bond acceptors (Lipinski definition) is 4. The van der Waals surface area contributed by atoms with Crippen LogP contribution in [0.5, 0.6) is 5.75 Å². The summed E-state index contributed by atoms with van der Waals surface area (Å²) in [5, 5.41) is 3.31. The first kappa shape index (κ1) is 17.8. The minimum atomic E-state index is 0.0233. The summed E-state index contributed by atoms with van der Waals surface area (Å²) in [4.78, 5) is 19.7. The Kier molecular flexibility index (Phi) is 4.74. The highest BCUT2D eigenvalue weighted by molar-refractivity contribution is 5.42. The number of nitrogens with zero attached hydrogens (tertiary/aromatic N) is 3. The van der Waals surface area contributed by atoms with Gasteiger partial charge in [-0.25, -0.2) is 9.50 Å². The third kappa shape index (κ3) is 3.25. The summed E-state index contributed by atoms with van der Waals surface area (Å²) in [6, 6.07) is 10.2. The number of rotatable bonds is 5. The lowest BCUT2D eigenvalue weighted by atomic mass is 10.1. The molecule has 0 aliphatic carbocycles. The molecule has 0 radical (unpaired) electrons. The van der Waals surface area contributed by atoms with Crippen molar-refractivity contribution in [2.45, 2.75) is 39.2 Å². The number of benzene rings is 1. The van der Waals surface area contributed by atoms with E-state index in [0.717, 1.165) is 48.8 Å². The Hall–Kier alpha value is -2.60. The molecule has 1 fully saturated rings. The van der Waals surface area contributed by atoms with E-state index in [9.17, 15) is 4.79 Å². The van der Waals surface area contributed by atoms with Gasteiger partial charge in [0, 0.05) is 47.6 Å². The molecule has 0 amide bonds. The van der Waals surface area contributed by atoms with Crippen LogP contribution in [0.3, 0.4) is 0 Å². The molecule has 1 aliphatic heterocycles. The summed E-state index contributed by atoms with van der Waals surface area (Å²) < 4.78 is 7.08. The first-order valence-electron chi connectivity index (χ1n) is 9.56. The average molecular weight is 366 g/mol. The molecule has 6 nitrogen and oxygen atoms in total. The number of H-pyrrole nitrogens is 1. The summed E-state index contributed by atoms with van der Waals surface area (Å²) >= 11 is 0. The van der Waals surface area contributed by atoms with Crippen LogP contribution in [-0.2, 0) is 13.0 Å². The second-order valence-electron chi connectivity index (χ2n) is 7.27. The number of aromatic nitrogens is 3. The number of likely N-dealkylation sites (tertiary alicyclic amines) is 1. The molecule has 1 N–H and O–H groups in total. The van der Waals surface area contributed by atoms with E-state index in [1.807, 2.05) is 32.0 Å². The van der Waals surface area contributed by atoms with E-state index < -0.39 is 0 Å². The van der Waals surface area contributed by atoms with Crippen LogP contribution < -0.4 is 10.3 Å². The molecule has 3 heterocycles. The van der Waals surface area contributed by atoms with E-state index in [0.29, 0.717) is 18.0 Å². The fraction of sp³-hybridized carbons (Fsp3) is 0.429. The molecular weight excluding hydrogens is 340 g/mol. The van der Waals surface area contributed by atoms with Crippen molar-refractivity contribution in [2.24, 2.45) is 0 Å². The van der Waals surface area contributed by atoms with Gasteiger partial charge in [0.15, 0.2) is 5.65 Å².